The van der Waals surface area contributed by atoms with E-state index in [1.165, 1.54) is 41.1 Å². The lowest BCUT2D eigenvalue weighted by atomic mass is 9.90. The van der Waals surface area contributed by atoms with E-state index in [0.29, 0.717) is 16.7 Å². The third-order valence-corrected chi connectivity index (χ3v) is 6.07. The van der Waals surface area contributed by atoms with Crippen LogP contribution in [0, 0.1) is 5.82 Å². The van der Waals surface area contributed by atoms with Crippen molar-refractivity contribution in [2.45, 2.75) is 0 Å². The van der Waals surface area contributed by atoms with Crippen LogP contribution in [0.2, 0.25) is 0 Å². The summed E-state index contributed by atoms with van der Waals surface area (Å²) in [7, 11) is 0. The summed E-state index contributed by atoms with van der Waals surface area (Å²) in [5.41, 5.74) is 2.47. The van der Waals surface area contributed by atoms with E-state index in [1.807, 2.05) is 6.07 Å². The number of allylic oxidation sites excluding steroid dienone is 2. The first kappa shape index (κ1) is 23.0. The number of ether oxygens (including phenoxy) is 1. The molecular weight excluding hydrogens is 487 g/mol. The minimum Gasteiger partial charge on any atom is -0.423 e. The lowest BCUT2D eigenvalue weighted by Crippen LogP contribution is -2.28. The zero-order chi connectivity index (χ0) is 26.2. The van der Waals surface area contributed by atoms with Gasteiger partial charge in [-0.25, -0.2) is 13.9 Å². The van der Waals surface area contributed by atoms with Gasteiger partial charge in [-0.15, -0.1) is 5.10 Å². The molecule has 1 aliphatic carbocycles. The lowest BCUT2D eigenvalue weighted by molar-refractivity contribution is 0.0734. The van der Waals surface area contributed by atoms with E-state index in [2.05, 4.69) is 15.6 Å². The van der Waals surface area contributed by atoms with Crippen molar-refractivity contribution in [2.75, 3.05) is 5.32 Å². The quantitative estimate of drug-likeness (QED) is 0.261. The van der Waals surface area contributed by atoms with Gasteiger partial charge in [0.2, 0.25) is 11.6 Å². The molecule has 1 aliphatic rings. The topological polar surface area (TPSA) is 103 Å². The Labute approximate surface area is 215 Å². The fourth-order valence-corrected chi connectivity index (χ4v) is 4.22. The maximum absolute atomic E-state index is 13.6. The molecule has 8 nitrogen and oxygen atoms in total. The summed E-state index contributed by atoms with van der Waals surface area (Å²) in [5.74, 6) is -1.59. The molecule has 0 fully saturated rings. The number of nitrogens with one attached hydrogen (secondary N) is 1. The van der Waals surface area contributed by atoms with Crippen LogP contribution in [0.4, 0.5) is 10.1 Å². The number of nitrogens with zero attached hydrogens (tertiary/aromatic N) is 3. The number of fused-ring (bicyclic) bond motifs is 2. The summed E-state index contributed by atoms with van der Waals surface area (Å²) < 4.78 is 19.8. The van der Waals surface area contributed by atoms with E-state index in [9.17, 15) is 18.8 Å². The van der Waals surface area contributed by atoms with Crippen molar-refractivity contribution < 1.29 is 23.5 Å². The van der Waals surface area contributed by atoms with Crippen molar-refractivity contribution in [3.05, 3.63) is 125 Å². The van der Waals surface area contributed by atoms with Crippen LogP contribution < -0.4 is 10.1 Å². The van der Waals surface area contributed by atoms with E-state index in [-0.39, 0.29) is 45.4 Å². The second-order valence-electron chi connectivity index (χ2n) is 8.46. The highest BCUT2D eigenvalue weighted by Crippen LogP contribution is 2.31. The maximum Gasteiger partial charge on any atom is 0.343 e. The van der Waals surface area contributed by atoms with Gasteiger partial charge in [-0.1, -0.05) is 41.6 Å². The van der Waals surface area contributed by atoms with Crippen LogP contribution in [0.15, 0.2) is 103 Å². The Morgan fingerprint density at radius 2 is 1.45 bits per heavy atom. The molecule has 1 heterocycles. The molecule has 0 saturated carbocycles. The van der Waals surface area contributed by atoms with Gasteiger partial charge >= 0.3 is 5.97 Å². The third-order valence-electron chi connectivity index (χ3n) is 6.07. The molecule has 0 spiro atoms. The highest BCUT2D eigenvalue weighted by molar-refractivity contribution is 6.38. The van der Waals surface area contributed by atoms with Crippen molar-refractivity contribution in [2.24, 2.45) is 0 Å². The SMILES string of the molecule is O=C(Oc1ccc(NC2=C(n3nnc4ccccc43)C(=O)c3ccccc3C2=O)cc1)c1ccc(F)cc1. The summed E-state index contributed by atoms with van der Waals surface area (Å²) >= 11 is 0. The number of aromatic nitrogens is 3. The molecule has 0 atom stereocenters. The molecule has 4 aromatic carbocycles. The van der Waals surface area contributed by atoms with Gasteiger partial charge in [0, 0.05) is 16.8 Å². The predicted molar refractivity (Wildman–Crippen MR) is 137 cm³/mol. The zero-order valence-electron chi connectivity index (χ0n) is 19.6. The number of rotatable bonds is 5. The molecule has 9 heteroatoms. The van der Waals surface area contributed by atoms with Gasteiger partial charge in [0.15, 0.2) is 0 Å². The van der Waals surface area contributed by atoms with Crippen LogP contribution in [0.1, 0.15) is 31.1 Å². The number of benzene rings is 4. The highest BCUT2D eigenvalue weighted by Gasteiger charge is 2.34. The highest BCUT2D eigenvalue weighted by atomic mass is 19.1. The Bertz CT molecular complexity index is 1770. The zero-order valence-corrected chi connectivity index (χ0v) is 19.6. The van der Waals surface area contributed by atoms with Crippen molar-refractivity contribution in [3.63, 3.8) is 0 Å². The lowest BCUT2D eigenvalue weighted by Gasteiger charge is -2.22. The number of hydrogen-bond donors (Lipinski definition) is 1. The van der Waals surface area contributed by atoms with Gasteiger partial charge in [0.05, 0.1) is 11.1 Å². The number of carbonyl (C=O) groups excluding carboxylic acids is 3. The van der Waals surface area contributed by atoms with E-state index in [0.717, 1.165) is 0 Å². The summed E-state index contributed by atoms with van der Waals surface area (Å²) in [6, 6.07) is 25.0. The summed E-state index contributed by atoms with van der Waals surface area (Å²) in [5, 5.41) is 11.4. The number of carbonyl (C=O) groups is 3. The molecule has 5 aromatic rings. The van der Waals surface area contributed by atoms with E-state index in [1.54, 1.807) is 54.6 Å². The third kappa shape index (κ3) is 4.01. The van der Waals surface area contributed by atoms with E-state index >= 15 is 0 Å². The second-order valence-corrected chi connectivity index (χ2v) is 8.46. The summed E-state index contributed by atoms with van der Waals surface area (Å²) in [4.78, 5) is 39.5. The number of anilines is 1. The molecule has 0 bridgehead atoms. The van der Waals surface area contributed by atoms with E-state index in [4.69, 9.17) is 4.74 Å². The number of para-hydroxylation sites is 1. The standard InChI is InChI=1S/C29H17FN4O4/c30-18-11-9-17(10-12-18)29(37)38-20-15-13-19(14-16-20)31-25-26(34-24-8-4-3-7-23(24)32-33-34)28(36)22-6-2-1-5-21(22)27(25)35/h1-16,31H. The Morgan fingerprint density at radius 3 is 2.18 bits per heavy atom. The number of hydrogen-bond acceptors (Lipinski definition) is 7. The van der Waals surface area contributed by atoms with Crippen molar-refractivity contribution in [1.82, 2.24) is 15.0 Å². The molecule has 0 unspecified atom stereocenters. The summed E-state index contributed by atoms with van der Waals surface area (Å²) in [6.45, 7) is 0. The number of ketones is 2. The smallest absolute Gasteiger partial charge is 0.343 e. The van der Waals surface area contributed by atoms with Gasteiger partial charge in [-0.3, -0.25) is 9.59 Å². The first-order chi connectivity index (χ1) is 18.5. The van der Waals surface area contributed by atoms with Gasteiger partial charge in [0.1, 0.15) is 28.5 Å². The van der Waals surface area contributed by atoms with Crippen molar-refractivity contribution in [1.29, 1.82) is 0 Å². The van der Waals surface area contributed by atoms with Gasteiger partial charge < -0.3 is 10.1 Å². The molecule has 1 aromatic heterocycles. The average Bonchev–Trinajstić information content (AvgIpc) is 3.37. The van der Waals surface area contributed by atoms with E-state index < -0.39 is 11.8 Å². The minimum atomic E-state index is -0.640. The van der Waals surface area contributed by atoms with Crippen LogP contribution in [0.3, 0.4) is 0 Å². The van der Waals surface area contributed by atoms with Crippen LogP contribution in [-0.2, 0) is 0 Å². The monoisotopic (exact) mass is 504 g/mol. The van der Waals surface area contributed by atoms with Crippen LogP contribution >= 0.6 is 0 Å². The first-order valence-electron chi connectivity index (χ1n) is 11.6. The molecule has 0 aliphatic heterocycles. The molecular formula is C29H17FN4O4. The number of esters is 1. The average molecular weight is 504 g/mol. The maximum atomic E-state index is 13.6. The Morgan fingerprint density at radius 1 is 0.789 bits per heavy atom. The molecule has 0 amide bonds. The van der Waals surface area contributed by atoms with Gasteiger partial charge in [-0.2, -0.15) is 0 Å². The fourth-order valence-electron chi connectivity index (χ4n) is 4.22. The first-order valence-corrected chi connectivity index (χ1v) is 11.6. The molecule has 0 radical (unpaired) electrons. The Kier molecular flexibility index (Phi) is 5.57. The minimum absolute atomic E-state index is 0.0420. The molecule has 184 valence electrons. The fraction of sp³-hybridized carbons (Fsp3) is 0. The van der Waals surface area contributed by atoms with Crippen LogP contribution in [-0.4, -0.2) is 32.5 Å². The van der Waals surface area contributed by atoms with Gasteiger partial charge in [0.25, 0.3) is 0 Å². The predicted octanol–water partition coefficient (Wildman–Crippen LogP) is 5.15. The largest absolute Gasteiger partial charge is 0.423 e. The molecule has 0 saturated heterocycles. The van der Waals surface area contributed by atoms with Gasteiger partial charge in [-0.05, 0) is 60.7 Å². The normalized spacial score (nSPS) is 13.0. The van der Waals surface area contributed by atoms with Crippen LogP contribution in [0.5, 0.6) is 5.75 Å². The van der Waals surface area contributed by atoms with Crippen molar-refractivity contribution >= 4 is 40.0 Å². The summed E-state index contributed by atoms with van der Waals surface area (Å²) in [6.07, 6.45) is 0. The van der Waals surface area contributed by atoms with Crippen molar-refractivity contribution in [3.8, 4) is 5.75 Å². The number of Topliss-reactive ketones (excluding diaryl/α,β-unsaturated/α-hetero) is 2. The second kappa shape index (κ2) is 9.21. The Hall–Kier alpha value is -5.44. The molecule has 6 rings (SSSR count). The van der Waals surface area contributed by atoms with Crippen LogP contribution in [0.25, 0.3) is 16.7 Å². The Balaban J connectivity index is 1.35. The number of halogens is 1. The molecule has 38 heavy (non-hydrogen) atoms. The molecule has 1 N–H and O–H groups in total.